The van der Waals surface area contributed by atoms with E-state index in [1.165, 1.54) is 6.07 Å². The van der Waals surface area contributed by atoms with Crippen LogP contribution in [0.15, 0.2) is 36.5 Å². The lowest BCUT2D eigenvalue weighted by molar-refractivity contribution is 0.0697. The van der Waals surface area contributed by atoms with Crippen LogP contribution in [-0.2, 0) is 6.54 Å². The molecule has 2 aromatic rings. The summed E-state index contributed by atoms with van der Waals surface area (Å²) in [5, 5.41) is 8.98. The highest BCUT2D eigenvalue weighted by Gasteiger charge is 2.10. The second-order valence-electron chi connectivity index (χ2n) is 3.86. The molecule has 5 heteroatoms. The van der Waals surface area contributed by atoms with E-state index >= 15 is 0 Å². The highest BCUT2D eigenvalue weighted by molar-refractivity contribution is 5.94. The second-order valence-corrected chi connectivity index (χ2v) is 3.86. The number of rotatable bonds is 3. The third kappa shape index (κ3) is 2.31. The van der Waals surface area contributed by atoms with Crippen LogP contribution in [0.5, 0.6) is 0 Å². The zero-order valence-electron chi connectivity index (χ0n) is 9.63. The first-order chi connectivity index (χ1) is 8.61. The van der Waals surface area contributed by atoms with Crippen molar-refractivity contribution in [1.29, 1.82) is 0 Å². The zero-order valence-corrected chi connectivity index (χ0v) is 9.63. The van der Waals surface area contributed by atoms with Gasteiger partial charge in [0.15, 0.2) is 0 Å². The number of pyridine rings is 1. The number of carboxylic acid groups (broad SMARTS) is 1. The molecule has 0 fully saturated rings. The van der Waals surface area contributed by atoms with E-state index < -0.39 is 5.97 Å². The smallest absolute Gasteiger partial charge is 0.339 e. The molecular formula is C13H13N3O2. The molecule has 2 rings (SSSR count). The summed E-state index contributed by atoms with van der Waals surface area (Å²) in [4.78, 5) is 14.9. The number of aromatic nitrogens is 1. The van der Waals surface area contributed by atoms with Crippen LogP contribution in [0.1, 0.15) is 15.9 Å². The molecule has 0 amide bonds. The van der Waals surface area contributed by atoms with Gasteiger partial charge in [-0.1, -0.05) is 24.3 Å². The topological polar surface area (TPSA) is 102 Å². The number of anilines is 1. The van der Waals surface area contributed by atoms with Gasteiger partial charge in [-0.05, 0) is 17.2 Å². The molecule has 0 aliphatic heterocycles. The first-order valence-corrected chi connectivity index (χ1v) is 5.40. The van der Waals surface area contributed by atoms with Crippen molar-refractivity contribution in [3.63, 3.8) is 0 Å². The second kappa shape index (κ2) is 4.85. The molecule has 0 atom stereocenters. The predicted octanol–water partition coefficient (Wildman–Crippen LogP) is 1.49. The first-order valence-electron chi connectivity index (χ1n) is 5.40. The Hall–Kier alpha value is -2.40. The summed E-state index contributed by atoms with van der Waals surface area (Å²) < 4.78 is 0. The van der Waals surface area contributed by atoms with Gasteiger partial charge in [0.25, 0.3) is 0 Å². The van der Waals surface area contributed by atoms with E-state index in [1.54, 1.807) is 6.20 Å². The number of benzene rings is 1. The quantitative estimate of drug-likeness (QED) is 0.757. The lowest BCUT2D eigenvalue weighted by Gasteiger charge is -2.05. The van der Waals surface area contributed by atoms with Crippen LogP contribution in [0.2, 0.25) is 0 Å². The number of nitrogen functional groups attached to an aromatic ring is 1. The van der Waals surface area contributed by atoms with Crippen molar-refractivity contribution in [2.24, 2.45) is 5.73 Å². The number of nitrogens with zero attached hydrogens (tertiary/aromatic N) is 1. The number of carbonyl (C=O) groups is 1. The molecule has 0 saturated carbocycles. The van der Waals surface area contributed by atoms with Gasteiger partial charge in [-0.25, -0.2) is 9.78 Å². The van der Waals surface area contributed by atoms with Crippen molar-refractivity contribution in [3.05, 3.63) is 47.7 Å². The third-order valence-corrected chi connectivity index (χ3v) is 2.67. The number of hydrogen-bond acceptors (Lipinski definition) is 4. The molecule has 0 aliphatic rings. The summed E-state index contributed by atoms with van der Waals surface area (Å²) in [6.07, 6.45) is 1.55. The Morgan fingerprint density at radius 1 is 1.22 bits per heavy atom. The van der Waals surface area contributed by atoms with E-state index in [9.17, 15) is 4.79 Å². The lowest BCUT2D eigenvalue weighted by atomic mass is 10.0. The molecule has 5 nitrogen and oxygen atoms in total. The normalized spacial score (nSPS) is 10.3. The Morgan fingerprint density at radius 2 is 1.89 bits per heavy atom. The van der Waals surface area contributed by atoms with Gasteiger partial charge in [0.2, 0.25) is 0 Å². The van der Waals surface area contributed by atoms with Crippen molar-refractivity contribution in [2.45, 2.75) is 6.54 Å². The molecule has 0 radical (unpaired) electrons. The Labute approximate surface area is 104 Å². The van der Waals surface area contributed by atoms with Crippen LogP contribution in [-0.4, -0.2) is 16.1 Å². The molecule has 92 valence electrons. The van der Waals surface area contributed by atoms with E-state index in [2.05, 4.69) is 4.98 Å². The number of nitrogens with two attached hydrogens (primary N) is 2. The van der Waals surface area contributed by atoms with Gasteiger partial charge in [0.1, 0.15) is 11.4 Å². The highest BCUT2D eigenvalue weighted by Crippen LogP contribution is 2.22. The van der Waals surface area contributed by atoms with E-state index in [4.69, 9.17) is 16.6 Å². The molecular weight excluding hydrogens is 230 g/mol. The first kappa shape index (κ1) is 12.1. The van der Waals surface area contributed by atoms with Gasteiger partial charge in [-0.3, -0.25) is 0 Å². The van der Waals surface area contributed by atoms with Crippen LogP contribution in [0.25, 0.3) is 11.1 Å². The maximum atomic E-state index is 11.0. The minimum absolute atomic E-state index is 0.00963. The van der Waals surface area contributed by atoms with Crippen LogP contribution in [0.3, 0.4) is 0 Å². The Bertz CT molecular complexity index is 579. The molecule has 0 spiro atoms. The summed E-state index contributed by atoms with van der Waals surface area (Å²) in [5.74, 6) is -1.06. The monoisotopic (exact) mass is 243 g/mol. The summed E-state index contributed by atoms with van der Waals surface area (Å²) in [6.45, 7) is 0.473. The van der Waals surface area contributed by atoms with Crippen LogP contribution in [0.4, 0.5) is 5.82 Å². The van der Waals surface area contributed by atoms with Gasteiger partial charge in [0, 0.05) is 18.3 Å². The third-order valence-electron chi connectivity index (χ3n) is 2.67. The maximum Gasteiger partial charge on any atom is 0.339 e. The van der Waals surface area contributed by atoms with E-state index in [0.29, 0.717) is 12.1 Å². The largest absolute Gasteiger partial charge is 0.478 e. The molecule has 0 aliphatic carbocycles. The van der Waals surface area contributed by atoms with Crippen LogP contribution < -0.4 is 11.5 Å². The Kier molecular flexibility index (Phi) is 3.25. The van der Waals surface area contributed by atoms with Gasteiger partial charge in [0.05, 0.1) is 0 Å². The molecule has 1 aromatic heterocycles. The number of aromatic carboxylic acids is 1. The van der Waals surface area contributed by atoms with E-state index in [1.807, 2.05) is 24.3 Å². The van der Waals surface area contributed by atoms with Gasteiger partial charge >= 0.3 is 5.97 Å². The van der Waals surface area contributed by atoms with Crippen LogP contribution >= 0.6 is 0 Å². The molecule has 5 N–H and O–H groups in total. The van der Waals surface area contributed by atoms with Crippen molar-refractivity contribution >= 4 is 11.8 Å². The fourth-order valence-electron chi connectivity index (χ4n) is 1.64. The van der Waals surface area contributed by atoms with Crippen molar-refractivity contribution < 1.29 is 9.90 Å². The van der Waals surface area contributed by atoms with Crippen molar-refractivity contribution in [1.82, 2.24) is 4.98 Å². The SMILES string of the molecule is NCc1ccc(-c2cnc(N)c(C(=O)O)c2)cc1. The van der Waals surface area contributed by atoms with Gasteiger partial charge < -0.3 is 16.6 Å². The van der Waals surface area contributed by atoms with Gasteiger partial charge in [-0.15, -0.1) is 0 Å². The van der Waals surface area contributed by atoms with Gasteiger partial charge in [-0.2, -0.15) is 0 Å². The standard InChI is InChI=1S/C13H13N3O2/c14-6-8-1-3-9(4-2-8)10-5-11(13(17)18)12(15)16-7-10/h1-5,7H,6,14H2,(H2,15,16)(H,17,18). The maximum absolute atomic E-state index is 11.0. The fourth-order valence-corrected chi connectivity index (χ4v) is 1.64. The average Bonchev–Trinajstić information content (AvgIpc) is 2.39. The van der Waals surface area contributed by atoms with Crippen LogP contribution in [0, 0.1) is 0 Å². The number of hydrogen-bond donors (Lipinski definition) is 3. The minimum Gasteiger partial charge on any atom is -0.478 e. The molecule has 18 heavy (non-hydrogen) atoms. The molecule has 0 saturated heterocycles. The fraction of sp³-hybridized carbons (Fsp3) is 0.0769. The summed E-state index contributed by atoms with van der Waals surface area (Å²) in [5.41, 5.74) is 13.6. The van der Waals surface area contributed by atoms with Crippen molar-refractivity contribution in [2.75, 3.05) is 5.73 Å². The summed E-state index contributed by atoms with van der Waals surface area (Å²) in [6, 6.07) is 9.06. The molecule has 1 aromatic carbocycles. The summed E-state index contributed by atoms with van der Waals surface area (Å²) >= 11 is 0. The van der Waals surface area contributed by atoms with E-state index in [-0.39, 0.29) is 11.4 Å². The average molecular weight is 243 g/mol. The van der Waals surface area contributed by atoms with Crippen molar-refractivity contribution in [3.8, 4) is 11.1 Å². The minimum atomic E-state index is -1.08. The Morgan fingerprint density at radius 3 is 2.44 bits per heavy atom. The van der Waals surface area contributed by atoms with E-state index in [0.717, 1.165) is 11.1 Å². The zero-order chi connectivity index (χ0) is 13.1. The molecule has 0 unspecified atom stereocenters. The Balaban J connectivity index is 2.44. The predicted molar refractivity (Wildman–Crippen MR) is 68.9 cm³/mol. The summed E-state index contributed by atoms with van der Waals surface area (Å²) in [7, 11) is 0. The highest BCUT2D eigenvalue weighted by atomic mass is 16.4. The molecule has 0 bridgehead atoms. The molecule has 1 heterocycles. The lowest BCUT2D eigenvalue weighted by Crippen LogP contribution is -2.04. The number of carboxylic acids is 1.